The number of para-hydroxylation sites is 2. The lowest BCUT2D eigenvalue weighted by Crippen LogP contribution is -2.40. The molecule has 5 nitrogen and oxygen atoms in total. The van der Waals surface area contributed by atoms with Crippen molar-refractivity contribution < 1.29 is 0 Å². The van der Waals surface area contributed by atoms with E-state index in [1.54, 1.807) is 0 Å². The molecule has 1 aliphatic rings. The lowest BCUT2D eigenvalue weighted by molar-refractivity contribution is 0.213. The van der Waals surface area contributed by atoms with Crippen LogP contribution in [0.2, 0.25) is 0 Å². The Morgan fingerprint density at radius 3 is 2.62 bits per heavy atom. The first-order valence-electron chi connectivity index (χ1n) is 13.1. The average molecular weight is 458 g/mol. The highest BCUT2D eigenvalue weighted by molar-refractivity contribution is 5.78. The molecule has 1 fully saturated rings. The zero-order chi connectivity index (χ0) is 23.9. The van der Waals surface area contributed by atoms with Crippen LogP contribution in [-0.2, 0) is 6.54 Å². The number of hydrogen-bond donors (Lipinski definition) is 1. The topological polar surface area (TPSA) is 56.9 Å². The molecular weight excluding hydrogens is 418 g/mol. The van der Waals surface area contributed by atoms with Crippen LogP contribution in [0.15, 0.2) is 42.5 Å². The number of aromatic nitrogens is 2. The predicted molar refractivity (Wildman–Crippen MR) is 141 cm³/mol. The van der Waals surface area contributed by atoms with Gasteiger partial charge in [0.2, 0.25) is 5.95 Å². The van der Waals surface area contributed by atoms with Crippen molar-refractivity contribution in [1.82, 2.24) is 14.5 Å². The molecular formula is C29H39N5. The highest BCUT2D eigenvalue weighted by Gasteiger charge is 2.21. The number of nitrogens with one attached hydrogen (secondary N) is 1. The Labute approximate surface area is 204 Å². The van der Waals surface area contributed by atoms with Crippen LogP contribution in [0.4, 0.5) is 5.95 Å². The maximum absolute atomic E-state index is 9.20. The van der Waals surface area contributed by atoms with Gasteiger partial charge in [0.05, 0.1) is 22.7 Å². The van der Waals surface area contributed by atoms with Gasteiger partial charge in [-0.1, -0.05) is 38.1 Å². The third kappa shape index (κ3) is 5.62. The van der Waals surface area contributed by atoms with Crippen molar-refractivity contribution in [1.29, 1.82) is 5.26 Å². The van der Waals surface area contributed by atoms with Gasteiger partial charge in [-0.25, -0.2) is 4.98 Å². The van der Waals surface area contributed by atoms with Crippen molar-refractivity contribution in [2.75, 3.05) is 25.0 Å². The standard InChI is InChI=1S/C29H39N5/c1-4-16-34-28-11-7-6-10-27(28)32-29(34)31-26-14-18-33(19-15-26)17-8-9-23(5-2)24-12-13-25(21-30)22(3)20-24/h6-7,10-13,20,23,26H,4-5,8-9,14-19H2,1-3H3,(H,31,32). The Kier molecular flexibility index (Phi) is 8.24. The molecule has 1 aromatic heterocycles. The largest absolute Gasteiger partial charge is 0.353 e. The highest BCUT2D eigenvalue weighted by atomic mass is 15.2. The van der Waals surface area contributed by atoms with Gasteiger partial charge in [0, 0.05) is 25.7 Å². The number of nitriles is 1. The highest BCUT2D eigenvalue weighted by Crippen LogP contribution is 2.27. The Hall–Kier alpha value is -2.84. The molecule has 1 N–H and O–H groups in total. The van der Waals surface area contributed by atoms with E-state index >= 15 is 0 Å². The number of rotatable bonds is 10. The summed E-state index contributed by atoms with van der Waals surface area (Å²) in [5, 5.41) is 13.0. The minimum absolute atomic E-state index is 0.494. The number of hydrogen-bond acceptors (Lipinski definition) is 4. The second-order valence-electron chi connectivity index (χ2n) is 9.77. The van der Waals surface area contributed by atoms with Crippen molar-refractivity contribution in [3.05, 3.63) is 59.2 Å². The summed E-state index contributed by atoms with van der Waals surface area (Å²) in [6.45, 7) is 11.0. The minimum atomic E-state index is 0.494. The fourth-order valence-corrected chi connectivity index (χ4v) is 5.35. The van der Waals surface area contributed by atoms with Crippen LogP contribution >= 0.6 is 0 Å². The molecule has 2 heterocycles. The van der Waals surface area contributed by atoms with Crippen LogP contribution in [0.3, 0.4) is 0 Å². The molecule has 3 aromatic rings. The van der Waals surface area contributed by atoms with Gasteiger partial charge in [-0.3, -0.25) is 0 Å². The van der Waals surface area contributed by atoms with E-state index in [1.165, 1.54) is 43.3 Å². The number of fused-ring (bicyclic) bond motifs is 1. The molecule has 4 rings (SSSR count). The molecule has 2 aromatic carbocycles. The van der Waals surface area contributed by atoms with E-state index < -0.39 is 0 Å². The molecule has 34 heavy (non-hydrogen) atoms. The second kappa shape index (κ2) is 11.5. The Balaban J connectivity index is 1.26. The lowest BCUT2D eigenvalue weighted by Gasteiger charge is -2.33. The van der Waals surface area contributed by atoms with Crippen molar-refractivity contribution in [3.8, 4) is 6.07 Å². The normalized spacial score (nSPS) is 15.9. The molecule has 1 unspecified atom stereocenters. The van der Waals surface area contributed by atoms with Gasteiger partial charge < -0.3 is 14.8 Å². The summed E-state index contributed by atoms with van der Waals surface area (Å²) in [6, 6.07) is 17.6. The molecule has 180 valence electrons. The summed E-state index contributed by atoms with van der Waals surface area (Å²) in [4.78, 5) is 7.52. The van der Waals surface area contributed by atoms with Gasteiger partial charge in [0.1, 0.15) is 0 Å². The van der Waals surface area contributed by atoms with E-state index in [1.807, 2.05) is 13.0 Å². The van der Waals surface area contributed by atoms with Gasteiger partial charge >= 0.3 is 0 Å². The van der Waals surface area contributed by atoms with Gasteiger partial charge in [0.15, 0.2) is 0 Å². The zero-order valence-corrected chi connectivity index (χ0v) is 21.1. The van der Waals surface area contributed by atoms with E-state index in [-0.39, 0.29) is 0 Å². The van der Waals surface area contributed by atoms with Crippen LogP contribution in [0, 0.1) is 18.3 Å². The Morgan fingerprint density at radius 2 is 1.91 bits per heavy atom. The third-order valence-electron chi connectivity index (χ3n) is 7.38. The number of anilines is 1. The van der Waals surface area contributed by atoms with E-state index in [0.29, 0.717) is 12.0 Å². The molecule has 5 heteroatoms. The van der Waals surface area contributed by atoms with Crippen molar-refractivity contribution in [2.24, 2.45) is 0 Å². The number of likely N-dealkylation sites (tertiary alicyclic amines) is 1. The first-order chi connectivity index (χ1) is 16.6. The van der Waals surface area contributed by atoms with Crippen LogP contribution < -0.4 is 5.32 Å². The minimum Gasteiger partial charge on any atom is -0.353 e. The van der Waals surface area contributed by atoms with E-state index in [0.717, 1.165) is 55.1 Å². The third-order valence-corrected chi connectivity index (χ3v) is 7.38. The predicted octanol–water partition coefficient (Wildman–Crippen LogP) is 6.48. The second-order valence-corrected chi connectivity index (χ2v) is 9.77. The average Bonchev–Trinajstić information content (AvgIpc) is 3.20. The molecule has 1 atom stereocenters. The fraction of sp³-hybridized carbons (Fsp3) is 0.517. The Morgan fingerprint density at radius 1 is 1.12 bits per heavy atom. The van der Waals surface area contributed by atoms with Crippen LogP contribution in [0.1, 0.15) is 75.0 Å². The van der Waals surface area contributed by atoms with E-state index in [4.69, 9.17) is 4.98 Å². The summed E-state index contributed by atoms with van der Waals surface area (Å²) < 4.78 is 2.34. The SMILES string of the molecule is CCCn1c(NC2CCN(CCCC(CC)c3ccc(C#N)c(C)c3)CC2)nc2ccccc21. The summed E-state index contributed by atoms with van der Waals surface area (Å²) in [7, 11) is 0. The first-order valence-corrected chi connectivity index (χ1v) is 13.1. The van der Waals surface area contributed by atoms with Crippen LogP contribution in [-0.4, -0.2) is 40.1 Å². The number of nitrogens with zero attached hydrogens (tertiary/aromatic N) is 4. The van der Waals surface area contributed by atoms with Crippen LogP contribution in [0.5, 0.6) is 0 Å². The number of benzene rings is 2. The molecule has 1 aliphatic heterocycles. The van der Waals surface area contributed by atoms with Gasteiger partial charge in [-0.15, -0.1) is 0 Å². The maximum Gasteiger partial charge on any atom is 0.204 e. The van der Waals surface area contributed by atoms with Gasteiger partial charge in [-0.05, 0) is 87.2 Å². The summed E-state index contributed by atoms with van der Waals surface area (Å²) in [5.41, 5.74) is 5.59. The first kappa shape index (κ1) is 24.3. The monoisotopic (exact) mass is 457 g/mol. The van der Waals surface area contributed by atoms with Crippen molar-refractivity contribution in [3.63, 3.8) is 0 Å². The molecule has 0 radical (unpaired) electrons. The molecule has 0 amide bonds. The van der Waals surface area contributed by atoms with Gasteiger partial charge in [-0.2, -0.15) is 5.26 Å². The molecule has 0 spiro atoms. The quantitative estimate of drug-likeness (QED) is 0.379. The van der Waals surface area contributed by atoms with Gasteiger partial charge in [0.25, 0.3) is 0 Å². The van der Waals surface area contributed by atoms with Crippen molar-refractivity contribution >= 4 is 17.0 Å². The van der Waals surface area contributed by atoms with E-state index in [2.05, 4.69) is 71.1 Å². The van der Waals surface area contributed by atoms with E-state index in [9.17, 15) is 5.26 Å². The maximum atomic E-state index is 9.20. The summed E-state index contributed by atoms with van der Waals surface area (Å²) in [6.07, 6.45) is 7.02. The molecule has 1 saturated heterocycles. The zero-order valence-electron chi connectivity index (χ0n) is 21.1. The van der Waals surface area contributed by atoms with Crippen LogP contribution in [0.25, 0.3) is 11.0 Å². The molecule has 0 aliphatic carbocycles. The summed E-state index contributed by atoms with van der Waals surface area (Å²) >= 11 is 0. The molecule has 0 bridgehead atoms. The Bertz CT molecular complexity index is 1120. The van der Waals surface area contributed by atoms with Crippen molar-refractivity contribution in [2.45, 2.75) is 77.8 Å². The smallest absolute Gasteiger partial charge is 0.204 e. The lowest BCUT2D eigenvalue weighted by atomic mass is 9.89. The number of piperidine rings is 1. The number of aryl methyl sites for hydroxylation is 2. The fourth-order valence-electron chi connectivity index (χ4n) is 5.35. The molecule has 0 saturated carbocycles. The number of imidazole rings is 1. The summed E-state index contributed by atoms with van der Waals surface area (Å²) in [5.74, 6) is 1.61.